The summed E-state index contributed by atoms with van der Waals surface area (Å²) in [6.45, 7) is 2.29. The number of benzene rings is 1. The Labute approximate surface area is 176 Å². The Balaban J connectivity index is 1.41. The van der Waals surface area contributed by atoms with Crippen molar-refractivity contribution in [2.24, 2.45) is 0 Å². The van der Waals surface area contributed by atoms with Crippen molar-refractivity contribution in [1.29, 1.82) is 0 Å². The molecule has 0 spiro atoms. The summed E-state index contributed by atoms with van der Waals surface area (Å²) in [5.41, 5.74) is 1.72. The van der Waals surface area contributed by atoms with Crippen LogP contribution in [0.4, 0.5) is 0 Å². The number of nitrogens with one attached hydrogen (secondary N) is 2. The smallest absolute Gasteiger partial charge is 0.266 e. The maximum atomic E-state index is 12.9. The molecule has 8 nitrogen and oxygen atoms in total. The molecule has 1 aromatic heterocycles. The number of ether oxygens (including phenoxy) is 2. The number of aromatic nitrogens is 2. The van der Waals surface area contributed by atoms with Crippen molar-refractivity contribution in [1.82, 2.24) is 20.2 Å². The third-order valence-electron chi connectivity index (χ3n) is 4.53. The van der Waals surface area contributed by atoms with Gasteiger partial charge in [0.25, 0.3) is 5.91 Å². The molecule has 2 aliphatic heterocycles. The van der Waals surface area contributed by atoms with Crippen LogP contribution in [0.1, 0.15) is 18.2 Å². The van der Waals surface area contributed by atoms with Crippen LogP contribution in [-0.4, -0.2) is 50.4 Å². The van der Waals surface area contributed by atoms with Crippen LogP contribution in [0, 0.1) is 0 Å². The number of H-pyrrole nitrogens is 1. The van der Waals surface area contributed by atoms with Crippen molar-refractivity contribution in [3.05, 3.63) is 46.9 Å². The monoisotopic (exact) mass is 430 g/mol. The molecule has 2 aliphatic rings. The highest BCUT2D eigenvalue weighted by Crippen LogP contribution is 2.37. The van der Waals surface area contributed by atoms with Gasteiger partial charge in [-0.25, -0.2) is 4.98 Å². The lowest BCUT2D eigenvalue weighted by atomic mass is 10.2. The number of aromatic amines is 1. The first kappa shape index (κ1) is 19.5. The van der Waals surface area contributed by atoms with Crippen molar-refractivity contribution in [3.8, 4) is 11.5 Å². The first-order valence-electron chi connectivity index (χ1n) is 8.94. The van der Waals surface area contributed by atoms with Gasteiger partial charge in [0.1, 0.15) is 10.4 Å². The molecule has 2 amide bonds. The van der Waals surface area contributed by atoms with Crippen LogP contribution in [0.2, 0.25) is 0 Å². The first-order chi connectivity index (χ1) is 14.0. The molecule has 1 saturated heterocycles. The second-order valence-corrected chi connectivity index (χ2v) is 8.13. The van der Waals surface area contributed by atoms with Gasteiger partial charge in [-0.2, -0.15) is 0 Å². The molecule has 150 valence electrons. The van der Waals surface area contributed by atoms with Crippen LogP contribution < -0.4 is 14.8 Å². The van der Waals surface area contributed by atoms with E-state index in [1.165, 1.54) is 16.7 Å². The second kappa shape index (κ2) is 8.26. The Bertz CT molecular complexity index is 990. The van der Waals surface area contributed by atoms with Crippen LogP contribution in [0.15, 0.2) is 35.6 Å². The van der Waals surface area contributed by atoms with Crippen LogP contribution in [-0.2, 0) is 16.0 Å². The fourth-order valence-electron chi connectivity index (χ4n) is 2.97. The van der Waals surface area contributed by atoms with Crippen LogP contribution in [0.25, 0.3) is 6.08 Å². The highest BCUT2D eigenvalue weighted by molar-refractivity contribution is 8.26. The van der Waals surface area contributed by atoms with E-state index in [-0.39, 0.29) is 18.6 Å². The fraction of sp³-hybridized carbons (Fsp3) is 0.263. The molecule has 0 bridgehead atoms. The summed E-state index contributed by atoms with van der Waals surface area (Å²) < 4.78 is 11.0. The number of imidazole rings is 1. The summed E-state index contributed by atoms with van der Waals surface area (Å²) in [6.07, 6.45) is 5.66. The number of hydrogen-bond acceptors (Lipinski definition) is 7. The van der Waals surface area contributed by atoms with Crippen molar-refractivity contribution in [2.45, 2.75) is 19.4 Å². The molecule has 2 N–H and O–H groups in total. The topological polar surface area (TPSA) is 96.6 Å². The van der Waals surface area contributed by atoms with Gasteiger partial charge in [0, 0.05) is 24.9 Å². The number of thioether (sulfide) groups is 1. The van der Waals surface area contributed by atoms with E-state index in [2.05, 4.69) is 15.3 Å². The minimum Gasteiger partial charge on any atom is -0.454 e. The maximum absolute atomic E-state index is 12.9. The number of nitrogens with zero attached hydrogens (tertiary/aromatic N) is 2. The predicted octanol–water partition coefficient (Wildman–Crippen LogP) is 2.09. The van der Waals surface area contributed by atoms with E-state index in [0.717, 1.165) is 11.3 Å². The van der Waals surface area contributed by atoms with Gasteiger partial charge in [-0.05, 0) is 30.7 Å². The van der Waals surface area contributed by atoms with E-state index in [0.29, 0.717) is 33.7 Å². The number of hydrogen-bond donors (Lipinski definition) is 2. The van der Waals surface area contributed by atoms with Gasteiger partial charge in [0.15, 0.2) is 11.5 Å². The minimum absolute atomic E-state index is 0.188. The standard InChI is InChI=1S/C19H18N4O4S2/c1-11(17(24)21-5-4-13-8-20-9-22-13)23-18(25)16(29-19(23)28)7-12-2-3-14-15(6-12)27-10-26-14/h2-3,6-9,11H,4-5,10H2,1H3,(H,20,22)(H,21,24)/b16-7+/t11-/m0/s1. The van der Waals surface area contributed by atoms with Gasteiger partial charge in [-0.3, -0.25) is 14.5 Å². The fourth-order valence-corrected chi connectivity index (χ4v) is 4.39. The molecule has 29 heavy (non-hydrogen) atoms. The molecule has 0 aliphatic carbocycles. The molecule has 4 rings (SSSR count). The summed E-state index contributed by atoms with van der Waals surface area (Å²) in [5.74, 6) is 0.772. The summed E-state index contributed by atoms with van der Waals surface area (Å²) in [5, 5.41) is 2.83. The molecule has 0 unspecified atom stereocenters. The molecule has 0 radical (unpaired) electrons. The van der Waals surface area contributed by atoms with E-state index >= 15 is 0 Å². The van der Waals surface area contributed by atoms with Crippen LogP contribution >= 0.6 is 24.0 Å². The van der Waals surface area contributed by atoms with E-state index in [9.17, 15) is 9.59 Å². The molecule has 10 heteroatoms. The SMILES string of the molecule is C[C@@H](C(=O)NCCc1cnc[nH]1)N1C(=O)/C(=C\c2ccc3c(c2)OCO3)SC1=S. The highest BCUT2D eigenvalue weighted by Gasteiger charge is 2.38. The number of fused-ring (bicyclic) bond motifs is 1. The molecular weight excluding hydrogens is 412 g/mol. The molecule has 3 heterocycles. The lowest BCUT2D eigenvalue weighted by molar-refractivity contribution is -0.132. The summed E-state index contributed by atoms with van der Waals surface area (Å²) in [6, 6.07) is 4.74. The average Bonchev–Trinajstić information content (AvgIpc) is 3.43. The normalized spacial score (nSPS) is 17.8. The van der Waals surface area contributed by atoms with E-state index < -0.39 is 6.04 Å². The van der Waals surface area contributed by atoms with Crippen molar-refractivity contribution >= 4 is 46.2 Å². The number of amides is 2. The van der Waals surface area contributed by atoms with Gasteiger partial charge in [0.2, 0.25) is 12.7 Å². The lowest BCUT2D eigenvalue weighted by Gasteiger charge is -2.22. The Morgan fingerprint density at radius 1 is 1.45 bits per heavy atom. The number of thiocarbonyl (C=S) groups is 1. The zero-order valence-electron chi connectivity index (χ0n) is 15.5. The maximum Gasteiger partial charge on any atom is 0.266 e. The van der Waals surface area contributed by atoms with Crippen molar-refractivity contribution < 1.29 is 19.1 Å². The molecule has 2 aromatic rings. The minimum atomic E-state index is -0.702. The Kier molecular flexibility index (Phi) is 5.54. The Hall–Kier alpha value is -2.85. The first-order valence-corrected chi connectivity index (χ1v) is 10.2. The van der Waals surface area contributed by atoms with Gasteiger partial charge < -0.3 is 19.8 Å². The van der Waals surface area contributed by atoms with Crippen LogP contribution in [0.3, 0.4) is 0 Å². The molecule has 1 aromatic carbocycles. The van der Waals surface area contributed by atoms with Gasteiger partial charge in [0.05, 0.1) is 11.2 Å². The number of carbonyl (C=O) groups is 2. The quantitative estimate of drug-likeness (QED) is 0.535. The molecule has 1 atom stereocenters. The van der Waals surface area contributed by atoms with E-state index in [1.807, 2.05) is 6.07 Å². The average molecular weight is 431 g/mol. The Morgan fingerprint density at radius 3 is 3.07 bits per heavy atom. The zero-order valence-corrected chi connectivity index (χ0v) is 17.1. The van der Waals surface area contributed by atoms with Crippen molar-refractivity contribution in [3.63, 3.8) is 0 Å². The largest absolute Gasteiger partial charge is 0.454 e. The molecule has 0 saturated carbocycles. The van der Waals surface area contributed by atoms with Gasteiger partial charge in [-0.15, -0.1) is 0 Å². The third kappa shape index (κ3) is 4.13. The second-order valence-electron chi connectivity index (χ2n) is 6.46. The summed E-state index contributed by atoms with van der Waals surface area (Å²) in [4.78, 5) is 34.1. The zero-order chi connectivity index (χ0) is 20.4. The van der Waals surface area contributed by atoms with Gasteiger partial charge >= 0.3 is 0 Å². The lowest BCUT2D eigenvalue weighted by Crippen LogP contribution is -2.47. The molecule has 1 fully saturated rings. The van der Waals surface area contributed by atoms with E-state index in [1.54, 1.807) is 37.7 Å². The summed E-state index contributed by atoms with van der Waals surface area (Å²) in [7, 11) is 0. The third-order valence-corrected chi connectivity index (χ3v) is 5.86. The summed E-state index contributed by atoms with van der Waals surface area (Å²) >= 11 is 6.53. The van der Waals surface area contributed by atoms with Gasteiger partial charge in [-0.1, -0.05) is 30.0 Å². The number of rotatable bonds is 6. The van der Waals surface area contributed by atoms with Crippen LogP contribution in [0.5, 0.6) is 11.5 Å². The predicted molar refractivity (Wildman–Crippen MR) is 112 cm³/mol. The highest BCUT2D eigenvalue weighted by atomic mass is 32.2. The Morgan fingerprint density at radius 2 is 2.28 bits per heavy atom. The molecular formula is C19H18N4O4S2. The number of carbonyl (C=O) groups excluding carboxylic acids is 2. The van der Waals surface area contributed by atoms with E-state index in [4.69, 9.17) is 21.7 Å². The van der Waals surface area contributed by atoms with Crippen molar-refractivity contribution in [2.75, 3.05) is 13.3 Å².